The van der Waals surface area contributed by atoms with Gasteiger partial charge in [0.25, 0.3) is 5.91 Å². The molecule has 14 nitrogen and oxygen atoms in total. The molecule has 0 fully saturated rings. The van der Waals surface area contributed by atoms with Crippen LogP contribution in [-0.2, 0) is 0 Å². The Kier molecular flexibility index (Phi) is 9.07. The van der Waals surface area contributed by atoms with E-state index in [4.69, 9.17) is 21.2 Å². The van der Waals surface area contributed by atoms with Gasteiger partial charge in [-0.15, -0.1) is 5.10 Å². The number of carbonyl (C=O) groups is 3. The molecule has 0 bridgehead atoms. The number of hydrogen-bond acceptors (Lipinski definition) is 10. The molecular formula is C24H27N7O7. The van der Waals surface area contributed by atoms with Crippen LogP contribution in [0, 0.1) is 0 Å². The largest absolute Gasteiger partial charge is 0.494 e. The first-order valence-electron chi connectivity index (χ1n) is 11.3. The number of benzene rings is 2. The molecule has 3 aromatic rings. The highest BCUT2D eigenvalue weighted by Gasteiger charge is 2.16. The lowest BCUT2D eigenvalue weighted by molar-refractivity contribution is 0.0686. The van der Waals surface area contributed by atoms with Crippen LogP contribution >= 0.6 is 0 Å². The standard InChI is InChI=1S/C24H27N7O7/c1-27-18-6-4-14(12-16(18)23(33)34)37-10-2-3-11-38-15-5-7-19(17(13-15)24(35)36)28-22(32)20-8-9-21(29-25)31(26)30-20/h4-9,12-13,27H,2-3,10-11,25-26H2,1H3,(H,28,32)(H,33,34)(H,35,36)/b29-21-. The summed E-state index contributed by atoms with van der Waals surface area (Å²) in [5.41, 5.74) is 0.538. The Hall–Kier alpha value is -5.27. The van der Waals surface area contributed by atoms with Crippen LogP contribution in [0.4, 0.5) is 11.4 Å². The third kappa shape index (κ3) is 6.90. The molecule has 1 amide bonds. The van der Waals surface area contributed by atoms with Gasteiger partial charge < -0.3 is 42.0 Å². The van der Waals surface area contributed by atoms with Gasteiger partial charge in [0.1, 0.15) is 11.5 Å². The Bertz CT molecular complexity index is 1410. The molecular weight excluding hydrogens is 498 g/mol. The normalized spacial score (nSPS) is 11.0. The van der Waals surface area contributed by atoms with Crippen molar-refractivity contribution in [1.82, 2.24) is 9.89 Å². The van der Waals surface area contributed by atoms with E-state index in [9.17, 15) is 24.6 Å². The summed E-state index contributed by atoms with van der Waals surface area (Å²) in [6.45, 7) is 0.621. The van der Waals surface area contributed by atoms with E-state index >= 15 is 0 Å². The number of ether oxygens (including phenoxy) is 2. The van der Waals surface area contributed by atoms with Gasteiger partial charge in [0, 0.05) is 12.7 Å². The number of nitrogen functional groups attached to an aromatic ring is 1. The van der Waals surface area contributed by atoms with Gasteiger partial charge in [-0.2, -0.15) is 9.89 Å². The number of nitrogens with zero attached hydrogens (tertiary/aromatic N) is 3. The smallest absolute Gasteiger partial charge is 0.337 e. The lowest BCUT2D eigenvalue weighted by Gasteiger charge is -2.12. The van der Waals surface area contributed by atoms with Gasteiger partial charge in [0.15, 0.2) is 11.2 Å². The van der Waals surface area contributed by atoms with E-state index in [0.29, 0.717) is 36.6 Å². The molecule has 0 aliphatic heterocycles. The number of nitrogens with one attached hydrogen (secondary N) is 2. The molecule has 0 atom stereocenters. The summed E-state index contributed by atoms with van der Waals surface area (Å²) < 4.78 is 11.3. The highest BCUT2D eigenvalue weighted by molar-refractivity contribution is 6.06. The van der Waals surface area contributed by atoms with Crippen molar-refractivity contribution in [1.29, 1.82) is 0 Å². The Labute approximate surface area is 216 Å². The minimum atomic E-state index is -1.26. The molecule has 8 N–H and O–H groups in total. The fraction of sp³-hybridized carbons (Fsp3) is 0.208. The number of carboxylic acids is 2. The molecule has 0 spiro atoms. The Morgan fingerprint density at radius 1 is 0.921 bits per heavy atom. The van der Waals surface area contributed by atoms with Crippen LogP contribution in [0.3, 0.4) is 0 Å². The van der Waals surface area contributed by atoms with Crippen LogP contribution in [0.1, 0.15) is 44.0 Å². The number of aromatic nitrogens is 2. The Morgan fingerprint density at radius 2 is 1.47 bits per heavy atom. The minimum absolute atomic E-state index is 0.0474. The second-order valence-corrected chi connectivity index (χ2v) is 7.78. The maximum atomic E-state index is 12.5. The molecule has 14 heteroatoms. The lowest BCUT2D eigenvalue weighted by atomic mass is 10.1. The zero-order chi connectivity index (χ0) is 27.7. The number of rotatable bonds is 12. The van der Waals surface area contributed by atoms with Crippen molar-refractivity contribution in [2.45, 2.75) is 12.8 Å². The summed E-state index contributed by atoms with van der Waals surface area (Å²) in [5, 5.41) is 31.4. The highest BCUT2D eigenvalue weighted by Crippen LogP contribution is 2.24. The zero-order valence-electron chi connectivity index (χ0n) is 20.4. The summed E-state index contributed by atoms with van der Waals surface area (Å²) >= 11 is 0. The Morgan fingerprint density at radius 3 is 1.97 bits per heavy atom. The van der Waals surface area contributed by atoms with Crippen molar-refractivity contribution in [2.24, 2.45) is 10.9 Å². The van der Waals surface area contributed by atoms with Gasteiger partial charge >= 0.3 is 11.9 Å². The first-order valence-corrected chi connectivity index (χ1v) is 11.3. The van der Waals surface area contributed by atoms with Gasteiger partial charge in [0.2, 0.25) is 0 Å². The monoisotopic (exact) mass is 525 g/mol. The maximum absolute atomic E-state index is 12.5. The topological polar surface area (TPSA) is 216 Å². The summed E-state index contributed by atoms with van der Waals surface area (Å²) in [6.07, 6.45) is 1.21. The van der Waals surface area contributed by atoms with E-state index in [1.165, 1.54) is 36.4 Å². The van der Waals surface area contributed by atoms with Gasteiger partial charge in [-0.05, 0) is 61.4 Å². The SMILES string of the molecule is CNc1ccc(OCCCCOc2ccc(NC(=O)c3cc/c(=N/N)n(N)n3)c(C(=O)O)c2)cc1C(=O)O. The average Bonchev–Trinajstić information content (AvgIpc) is 2.90. The predicted octanol–water partition coefficient (Wildman–Crippen LogP) is 1.30. The van der Waals surface area contributed by atoms with Crippen LogP contribution in [-0.4, -0.2) is 58.2 Å². The molecule has 0 unspecified atom stereocenters. The minimum Gasteiger partial charge on any atom is -0.494 e. The van der Waals surface area contributed by atoms with Crippen molar-refractivity contribution in [3.63, 3.8) is 0 Å². The summed E-state index contributed by atoms with van der Waals surface area (Å²) in [6, 6.07) is 11.7. The van der Waals surface area contributed by atoms with Crippen molar-refractivity contribution in [3.05, 3.63) is 70.8 Å². The molecule has 0 saturated carbocycles. The average molecular weight is 526 g/mol. The van der Waals surface area contributed by atoms with E-state index < -0.39 is 17.8 Å². The first kappa shape index (κ1) is 27.3. The van der Waals surface area contributed by atoms with E-state index in [1.54, 1.807) is 19.2 Å². The van der Waals surface area contributed by atoms with Gasteiger partial charge in [-0.1, -0.05) is 0 Å². The number of amides is 1. The van der Waals surface area contributed by atoms with Gasteiger partial charge in [0.05, 0.1) is 30.0 Å². The van der Waals surface area contributed by atoms with Crippen LogP contribution in [0.5, 0.6) is 11.5 Å². The summed E-state index contributed by atoms with van der Waals surface area (Å²) in [4.78, 5) is 36.4. The summed E-state index contributed by atoms with van der Waals surface area (Å²) in [5.74, 6) is 8.50. The molecule has 0 aliphatic carbocycles. The second-order valence-electron chi connectivity index (χ2n) is 7.78. The fourth-order valence-electron chi connectivity index (χ4n) is 3.33. The number of anilines is 2. The quantitative estimate of drug-likeness (QED) is 0.112. The molecule has 1 heterocycles. The summed E-state index contributed by atoms with van der Waals surface area (Å²) in [7, 11) is 1.64. The second kappa shape index (κ2) is 12.6. The number of hydrogen-bond donors (Lipinski definition) is 6. The van der Waals surface area contributed by atoms with Gasteiger partial charge in [-0.3, -0.25) is 4.79 Å². The lowest BCUT2D eigenvalue weighted by Crippen LogP contribution is -2.33. The van der Waals surface area contributed by atoms with E-state index in [-0.39, 0.29) is 34.6 Å². The molecule has 2 aromatic carbocycles. The maximum Gasteiger partial charge on any atom is 0.337 e. The molecule has 0 saturated heterocycles. The van der Waals surface area contributed by atoms with Gasteiger partial charge in [-0.25, -0.2) is 9.59 Å². The fourth-order valence-corrected chi connectivity index (χ4v) is 3.33. The molecule has 38 heavy (non-hydrogen) atoms. The molecule has 200 valence electrons. The van der Waals surface area contributed by atoms with Crippen LogP contribution in [0.15, 0.2) is 53.6 Å². The number of carboxylic acid groups (broad SMARTS) is 2. The van der Waals surface area contributed by atoms with Crippen LogP contribution < -0.4 is 37.3 Å². The van der Waals surface area contributed by atoms with Crippen molar-refractivity contribution in [3.8, 4) is 11.5 Å². The third-order valence-electron chi connectivity index (χ3n) is 5.24. The van der Waals surface area contributed by atoms with E-state index in [0.717, 1.165) is 4.79 Å². The first-order chi connectivity index (χ1) is 18.2. The zero-order valence-corrected chi connectivity index (χ0v) is 20.4. The number of nitrogens with two attached hydrogens (primary N) is 2. The third-order valence-corrected chi connectivity index (χ3v) is 5.24. The predicted molar refractivity (Wildman–Crippen MR) is 137 cm³/mol. The molecule has 1 aromatic heterocycles. The number of carbonyl (C=O) groups excluding carboxylic acids is 1. The van der Waals surface area contributed by atoms with Crippen LogP contribution in [0.2, 0.25) is 0 Å². The molecule has 0 radical (unpaired) electrons. The molecule has 0 aliphatic rings. The number of aromatic carboxylic acids is 2. The number of unbranched alkanes of at least 4 members (excludes halogenated alkanes) is 1. The van der Waals surface area contributed by atoms with Crippen LogP contribution in [0.25, 0.3) is 0 Å². The molecule has 3 rings (SSSR count). The van der Waals surface area contributed by atoms with E-state index in [1.807, 2.05) is 0 Å². The van der Waals surface area contributed by atoms with Crippen molar-refractivity contribution in [2.75, 3.05) is 36.7 Å². The van der Waals surface area contributed by atoms with Crippen molar-refractivity contribution >= 4 is 29.2 Å². The highest BCUT2D eigenvalue weighted by atomic mass is 16.5. The van der Waals surface area contributed by atoms with E-state index in [2.05, 4.69) is 20.8 Å². The Balaban J connectivity index is 1.53. The van der Waals surface area contributed by atoms with Crippen molar-refractivity contribution < 1.29 is 34.1 Å².